The second kappa shape index (κ2) is 8.35. The van der Waals surface area contributed by atoms with Crippen LogP contribution in [0.4, 0.5) is 11.4 Å². The van der Waals surface area contributed by atoms with Gasteiger partial charge in [0.05, 0.1) is 5.56 Å². The van der Waals surface area contributed by atoms with Gasteiger partial charge in [-0.1, -0.05) is 59.5 Å². The van der Waals surface area contributed by atoms with Gasteiger partial charge in [-0.2, -0.15) is 0 Å². The number of hydrogen-bond acceptors (Lipinski definition) is 4. The molecule has 3 aromatic rings. The summed E-state index contributed by atoms with van der Waals surface area (Å²) in [6.07, 6.45) is 3.72. The number of rotatable bonds is 5. The summed E-state index contributed by atoms with van der Waals surface area (Å²) in [5, 5.41) is 2.91. The lowest BCUT2D eigenvalue weighted by molar-refractivity contribution is 0.0255. The van der Waals surface area contributed by atoms with Gasteiger partial charge in [0.25, 0.3) is 0 Å². The second-order valence-corrected chi connectivity index (χ2v) is 16.2. The van der Waals surface area contributed by atoms with E-state index in [9.17, 15) is 4.79 Å². The second-order valence-electron chi connectivity index (χ2n) is 10.9. The summed E-state index contributed by atoms with van der Waals surface area (Å²) < 4.78 is 7.71. The van der Waals surface area contributed by atoms with Crippen molar-refractivity contribution in [3.63, 3.8) is 0 Å². The molecule has 0 atom stereocenters. The Hall–Kier alpha value is -2.32. The van der Waals surface area contributed by atoms with Crippen LogP contribution in [0.25, 0.3) is 0 Å². The first-order chi connectivity index (χ1) is 17.6. The predicted octanol–water partition coefficient (Wildman–Crippen LogP) is 4.90. The highest BCUT2D eigenvalue weighted by Crippen LogP contribution is 2.50. The van der Waals surface area contributed by atoms with E-state index in [1.165, 1.54) is 58.2 Å². The van der Waals surface area contributed by atoms with Gasteiger partial charge in [0, 0.05) is 54.2 Å². The minimum absolute atomic E-state index is 0.210. The van der Waals surface area contributed by atoms with Crippen molar-refractivity contribution in [3.05, 3.63) is 82.9 Å². The van der Waals surface area contributed by atoms with Gasteiger partial charge in [-0.15, -0.1) is 0 Å². The average molecular weight is 607 g/mol. The zero-order chi connectivity index (χ0) is 24.5. The summed E-state index contributed by atoms with van der Waals surface area (Å²) in [6, 6.07) is 23.3. The maximum atomic E-state index is 13.3. The number of ether oxygens (including phenoxy) is 1. The van der Waals surface area contributed by atoms with Gasteiger partial charge in [0.2, 0.25) is 0 Å². The first-order valence-corrected chi connectivity index (χ1v) is 17.5. The lowest BCUT2D eigenvalue weighted by Gasteiger charge is -2.46. The predicted molar refractivity (Wildman–Crippen MR) is 157 cm³/mol. The van der Waals surface area contributed by atoms with E-state index in [-0.39, 0.29) is 5.97 Å². The summed E-state index contributed by atoms with van der Waals surface area (Å²) in [4.78, 5) is 18.3. The number of hydrogen-bond donors (Lipinski definition) is 0. The molecule has 7 rings (SSSR count). The minimum Gasteiger partial charge on any atom is -0.441 e. The van der Waals surface area contributed by atoms with Crippen LogP contribution in [0.2, 0.25) is 12.6 Å². The van der Waals surface area contributed by atoms with Gasteiger partial charge in [-0.05, 0) is 70.4 Å². The fraction of sp³-hybridized carbons (Fsp3) is 0.367. The fourth-order valence-electron chi connectivity index (χ4n) is 6.73. The van der Waals surface area contributed by atoms with E-state index in [1.807, 2.05) is 18.2 Å². The number of carbonyl (C=O) groups excluding carboxylic acids is 1. The molecule has 1 spiro atoms. The highest BCUT2D eigenvalue weighted by atomic mass is 127. The van der Waals surface area contributed by atoms with Crippen LogP contribution < -0.4 is 20.2 Å². The zero-order valence-corrected chi connectivity index (χ0v) is 23.9. The van der Waals surface area contributed by atoms with Crippen molar-refractivity contribution in [2.24, 2.45) is 0 Å². The SMILES string of the molecule is C[Si]1(CCCI)c2cc(N3CCC3)ccc2C2(OC(=O)c3ccccc32)c2ccc(N3CCC3)cc21. The molecule has 0 saturated carbocycles. The smallest absolute Gasteiger partial charge is 0.340 e. The van der Waals surface area contributed by atoms with Crippen LogP contribution in [0.1, 0.15) is 46.3 Å². The molecule has 4 aliphatic heterocycles. The monoisotopic (exact) mass is 606 g/mol. The number of fused-ring (bicyclic) bond motifs is 6. The van der Waals surface area contributed by atoms with Crippen molar-refractivity contribution in [3.8, 4) is 0 Å². The van der Waals surface area contributed by atoms with Gasteiger partial charge in [0.1, 0.15) is 8.07 Å². The number of esters is 1. The third kappa shape index (κ3) is 3.06. The number of carbonyl (C=O) groups is 1. The molecule has 0 aliphatic carbocycles. The molecule has 6 heteroatoms. The van der Waals surface area contributed by atoms with Crippen LogP contribution in [-0.4, -0.2) is 44.6 Å². The fourth-order valence-corrected chi connectivity index (χ4v) is 12.2. The quantitative estimate of drug-likeness (QED) is 0.179. The van der Waals surface area contributed by atoms with Gasteiger partial charge in [0.15, 0.2) is 5.60 Å². The summed E-state index contributed by atoms with van der Waals surface area (Å²) in [5.41, 5.74) is 5.86. The number of alkyl halides is 1. The van der Waals surface area contributed by atoms with Gasteiger partial charge in [-0.3, -0.25) is 0 Å². The molecule has 36 heavy (non-hydrogen) atoms. The van der Waals surface area contributed by atoms with Crippen molar-refractivity contribution in [2.75, 3.05) is 40.4 Å². The number of halogens is 1. The van der Waals surface area contributed by atoms with Gasteiger partial charge in [-0.25, -0.2) is 4.79 Å². The Morgan fingerprint density at radius 2 is 1.44 bits per heavy atom. The largest absolute Gasteiger partial charge is 0.441 e. The van der Waals surface area contributed by atoms with Crippen molar-refractivity contribution in [1.82, 2.24) is 0 Å². The van der Waals surface area contributed by atoms with Crippen LogP contribution in [0, 0.1) is 0 Å². The molecule has 0 N–H and O–H groups in total. The molecule has 0 bridgehead atoms. The summed E-state index contributed by atoms with van der Waals surface area (Å²) in [6.45, 7) is 7.08. The van der Waals surface area contributed by atoms with Crippen LogP contribution in [0.15, 0.2) is 60.7 Å². The van der Waals surface area contributed by atoms with E-state index in [4.69, 9.17) is 4.74 Å². The van der Waals surface area contributed by atoms with Crippen molar-refractivity contribution in [2.45, 2.75) is 37.5 Å². The molecule has 2 fully saturated rings. The van der Waals surface area contributed by atoms with Gasteiger partial charge >= 0.3 is 5.97 Å². The van der Waals surface area contributed by atoms with Crippen LogP contribution in [0.5, 0.6) is 0 Å². The van der Waals surface area contributed by atoms with E-state index in [1.54, 1.807) is 0 Å². The Kier molecular flexibility index (Phi) is 5.30. The number of benzene rings is 3. The lowest BCUT2D eigenvalue weighted by Crippen LogP contribution is -2.65. The molecule has 184 valence electrons. The zero-order valence-electron chi connectivity index (χ0n) is 20.7. The third-order valence-corrected chi connectivity index (χ3v) is 14.3. The first kappa shape index (κ1) is 22.8. The molecular formula is C30H31IN2O2Si. The van der Waals surface area contributed by atoms with E-state index in [0.29, 0.717) is 5.56 Å². The Morgan fingerprint density at radius 3 is 1.97 bits per heavy atom. The molecule has 0 aromatic heterocycles. The summed E-state index contributed by atoms with van der Waals surface area (Å²) in [7, 11) is -2.12. The van der Waals surface area contributed by atoms with E-state index >= 15 is 0 Å². The number of anilines is 2. The highest BCUT2D eigenvalue weighted by Gasteiger charge is 2.57. The Morgan fingerprint density at radius 1 is 0.861 bits per heavy atom. The van der Waals surface area contributed by atoms with Crippen molar-refractivity contribution >= 4 is 58.4 Å². The molecule has 0 radical (unpaired) electrons. The van der Waals surface area contributed by atoms with E-state index in [2.05, 4.69) is 81.4 Å². The summed E-state index contributed by atoms with van der Waals surface area (Å²) >= 11 is 2.53. The van der Waals surface area contributed by atoms with Crippen LogP contribution >= 0.6 is 22.6 Å². The normalized spacial score (nSPS) is 25.6. The van der Waals surface area contributed by atoms with Crippen LogP contribution in [-0.2, 0) is 10.3 Å². The molecular weight excluding hydrogens is 575 g/mol. The topological polar surface area (TPSA) is 32.8 Å². The van der Waals surface area contributed by atoms with Gasteiger partial charge < -0.3 is 14.5 Å². The third-order valence-electron chi connectivity index (χ3n) is 8.98. The van der Waals surface area contributed by atoms with E-state index in [0.717, 1.165) is 36.2 Å². The Bertz CT molecular complexity index is 1320. The Balaban J connectivity index is 1.53. The molecule has 0 unspecified atom stereocenters. The van der Waals surface area contributed by atoms with Crippen LogP contribution in [0.3, 0.4) is 0 Å². The molecule has 2 saturated heterocycles. The molecule has 4 aliphatic rings. The van der Waals surface area contributed by atoms with Crippen molar-refractivity contribution < 1.29 is 9.53 Å². The first-order valence-electron chi connectivity index (χ1n) is 13.2. The van der Waals surface area contributed by atoms with E-state index < -0.39 is 13.7 Å². The standard InChI is InChI=1S/C30H31IN2O2Si/c1-36(18-4-13-31)27-19-21(32-14-5-15-32)9-11-25(27)30(24-8-3-2-7-23(24)29(34)35-30)26-12-10-22(20-28(26)36)33-16-6-17-33/h2-3,7-12,19-20H,4-6,13-18H2,1H3. The Labute approximate surface area is 227 Å². The maximum absolute atomic E-state index is 13.3. The van der Waals surface area contributed by atoms with Crippen molar-refractivity contribution in [1.29, 1.82) is 0 Å². The molecule has 4 nitrogen and oxygen atoms in total. The molecule has 0 amide bonds. The summed E-state index contributed by atoms with van der Waals surface area (Å²) in [5.74, 6) is -0.210. The molecule has 3 aromatic carbocycles. The maximum Gasteiger partial charge on any atom is 0.340 e. The molecule has 4 heterocycles. The average Bonchev–Trinajstić information content (AvgIpc) is 3.13. The highest BCUT2D eigenvalue weighted by molar-refractivity contribution is 14.1. The number of nitrogens with zero attached hydrogens (tertiary/aromatic N) is 2. The minimum atomic E-state index is -2.12. The lowest BCUT2D eigenvalue weighted by atomic mass is 9.79.